The van der Waals surface area contributed by atoms with Crippen LogP contribution in [0.1, 0.15) is 43.7 Å². The van der Waals surface area contributed by atoms with E-state index in [1.54, 1.807) is 7.11 Å². The molecule has 1 saturated heterocycles. The Morgan fingerprint density at radius 1 is 1.17 bits per heavy atom. The van der Waals surface area contributed by atoms with Crippen LogP contribution in [0.15, 0.2) is 29.4 Å². The number of nitrogens with zero attached hydrogens (tertiary/aromatic N) is 2. The number of carbonyl (C=O) groups is 1. The largest absolute Gasteiger partial charge is 0.497 e. The molecule has 0 aromatic heterocycles. The second kappa shape index (κ2) is 5.87. The van der Waals surface area contributed by atoms with E-state index in [2.05, 4.69) is 27.6 Å². The SMILES string of the molecule is COc1ccc([C@@H]2NN=C3C(=O)N(C4CCCCC4)C[C@@H]32)cc1. The van der Waals surface area contributed by atoms with Gasteiger partial charge in [-0.2, -0.15) is 5.10 Å². The summed E-state index contributed by atoms with van der Waals surface area (Å²) in [6.07, 6.45) is 6.08. The van der Waals surface area contributed by atoms with Crippen LogP contribution in [0.4, 0.5) is 0 Å². The minimum Gasteiger partial charge on any atom is -0.497 e. The Labute approximate surface area is 136 Å². The van der Waals surface area contributed by atoms with Gasteiger partial charge in [-0.25, -0.2) is 0 Å². The predicted molar refractivity (Wildman–Crippen MR) is 88.4 cm³/mol. The molecule has 1 aromatic carbocycles. The number of hydrogen-bond acceptors (Lipinski definition) is 4. The first-order valence-corrected chi connectivity index (χ1v) is 8.56. The van der Waals surface area contributed by atoms with E-state index < -0.39 is 0 Å². The van der Waals surface area contributed by atoms with Crippen molar-refractivity contribution in [2.24, 2.45) is 11.0 Å². The quantitative estimate of drug-likeness (QED) is 0.933. The number of benzene rings is 1. The summed E-state index contributed by atoms with van der Waals surface area (Å²) >= 11 is 0. The summed E-state index contributed by atoms with van der Waals surface area (Å²) in [7, 11) is 1.67. The summed E-state index contributed by atoms with van der Waals surface area (Å²) in [5.74, 6) is 1.16. The lowest BCUT2D eigenvalue weighted by molar-refractivity contribution is -0.125. The van der Waals surface area contributed by atoms with Gasteiger partial charge in [0.2, 0.25) is 0 Å². The fourth-order valence-corrected chi connectivity index (χ4v) is 4.14. The first kappa shape index (κ1) is 14.5. The zero-order chi connectivity index (χ0) is 15.8. The number of hydrazone groups is 1. The van der Waals surface area contributed by atoms with E-state index in [1.807, 2.05) is 12.1 Å². The maximum absolute atomic E-state index is 12.7. The van der Waals surface area contributed by atoms with Crippen LogP contribution in [-0.4, -0.2) is 36.2 Å². The minimum atomic E-state index is 0.0912. The highest BCUT2D eigenvalue weighted by molar-refractivity contribution is 6.42. The number of amides is 1. The van der Waals surface area contributed by atoms with Crippen molar-refractivity contribution in [3.05, 3.63) is 29.8 Å². The molecular weight excluding hydrogens is 290 g/mol. The first-order chi connectivity index (χ1) is 11.3. The van der Waals surface area contributed by atoms with E-state index >= 15 is 0 Å². The number of nitrogens with one attached hydrogen (secondary N) is 1. The van der Waals surface area contributed by atoms with Crippen LogP contribution < -0.4 is 10.2 Å². The number of likely N-dealkylation sites (tertiary alicyclic amines) is 1. The number of hydrogen-bond donors (Lipinski definition) is 1. The molecule has 23 heavy (non-hydrogen) atoms. The maximum atomic E-state index is 12.7. The average molecular weight is 313 g/mol. The van der Waals surface area contributed by atoms with Crippen LogP contribution in [0.5, 0.6) is 5.75 Å². The molecule has 5 heteroatoms. The summed E-state index contributed by atoms with van der Waals surface area (Å²) in [4.78, 5) is 14.8. The van der Waals surface area contributed by atoms with Crippen LogP contribution in [-0.2, 0) is 4.79 Å². The van der Waals surface area contributed by atoms with E-state index in [0.29, 0.717) is 6.04 Å². The molecule has 2 fully saturated rings. The number of ether oxygens (including phenoxy) is 1. The summed E-state index contributed by atoms with van der Waals surface area (Å²) in [5.41, 5.74) is 5.04. The number of rotatable bonds is 3. The molecule has 1 aromatic rings. The highest BCUT2D eigenvalue weighted by Crippen LogP contribution is 2.36. The van der Waals surface area contributed by atoms with Gasteiger partial charge in [0.05, 0.1) is 19.1 Å². The normalized spacial score (nSPS) is 27.6. The molecule has 1 N–H and O–H groups in total. The molecule has 1 saturated carbocycles. The number of fused-ring (bicyclic) bond motifs is 1. The van der Waals surface area contributed by atoms with E-state index in [0.717, 1.165) is 36.4 Å². The van der Waals surface area contributed by atoms with Crippen molar-refractivity contribution in [2.45, 2.75) is 44.2 Å². The Hall–Kier alpha value is -2.04. The highest BCUT2D eigenvalue weighted by atomic mass is 16.5. The lowest BCUT2D eigenvalue weighted by atomic mass is 9.92. The van der Waals surface area contributed by atoms with Crippen LogP contribution in [0.25, 0.3) is 0 Å². The Morgan fingerprint density at radius 3 is 2.61 bits per heavy atom. The van der Waals surface area contributed by atoms with Crippen LogP contribution >= 0.6 is 0 Å². The summed E-state index contributed by atoms with van der Waals surface area (Å²) in [6, 6.07) is 8.55. The number of carbonyl (C=O) groups excluding carboxylic acids is 1. The van der Waals surface area contributed by atoms with Gasteiger partial charge in [-0.1, -0.05) is 31.4 Å². The Balaban J connectivity index is 1.52. The van der Waals surface area contributed by atoms with Crippen molar-refractivity contribution < 1.29 is 9.53 Å². The zero-order valence-electron chi connectivity index (χ0n) is 13.5. The Bertz CT molecular complexity index is 620. The number of methoxy groups -OCH3 is 1. The van der Waals surface area contributed by atoms with Gasteiger partial charge >= 0.3 is 0 Å². The molecule has 2 atom stereocenters. The molecular formula is C18H23N3O2. The van der Waals surface area contributed by atoms with Crippen molar-refractivity contribution in [3.63, 3.8) is 0 Å². The molecule has 2 aliphatic heterocycles. The van der Waals surface area contributed by atoms with Crippen molar-refractivity contribution in [1.82, 2.24) is 10.3 Å². The smallest absolute Gasteiger partial charge is 0.270 e. The molecule has 1 aliphatic carbocycles. The van der Waals surface area contributed by atoms with Gasteiger partial charge in [0, 0.05) is 12.6 Å². The lowest BCUT2D eigenvalue weighted by Crippen LogP contribution is -2.39. The topological polar surface area (TPSA) is 53.9 Å². The summed E-state index contributed by atoms with van der Waals surface area (Å²) in [5, 5.41) is 4.37. The molecule has 122 valence electrons. The lowest BCUT2D eigenvalue weighted by Gasteiger charge is -2.31. The second-order valence-electron chi connectivity index (χ2n) is 6.73. The van der Waals surface area contributed by atoms with E-state index in [1.165, 1.54) is 19.3 Å². The predicted octanol–water partition coefficient (Wildman–Crippen LogP) is 2.49. The third kappa shape index (κ3) is 2.48. The fourth-order valence-electron chi connectivity index (χ4n) is 4.14. The van der Waals surface area contributed by atoms with Gasteiger partial charge in [-0.3, -0.25) is 4.79 Å². The third-order valence-electron chi connectivity index (χ3n) is 5.44. The minimum absolute atomic E-state index is 0.0912. The second-order valence-corrected chi connectivity index (χ2v) is 6.73. The molecule has 1 amide bonds. The molecule has 5 nitrogen and oxygen atoms in total. The van der Waals surface area contributed by atoms with E-state index in [9.17, 15) is 4.79 Å². The van der Waals surface area contributed by atoms with Crippen LogP contribution in [0, 0.1) is 5.92 Å². The summed E-state index contributed by atoms with van der Waals surface area (Å²) in [6.45, 7) is 0.798. The highest BCUT2D eigenvalue weighted by Gasteiger charge is 2.47. The fraction of sp³-hybridized carbons (Fsp3) is 0.556. The van der Waals surface area contributed by atoms with Crippen molar-refractivity contribution in [1.29, 1.82) is 0 Å². The van der Waals surface area contributed by atoms with Gasteiger partial charge in [-0.05, 0) is 30.5 Å². The van der Waals surface area contributed by atoms with Gasteiger partial charge < -0.3 is 15.1 Å². The molecule has 0 radical (unpaired) electrons. The molecule has 0 unspecified atom stereocenters. The van der Waals surface area contributed by atoms with Crippen molar-refractivity contribution in [2.75, 3.05) is 13.7 Å². The standard InChI is InChI=1S/C18H23N3O2/c1-23-14-9-7-12(8-10-14)16-15-11-21(13-5-3-2-4-6-13)18(22)17(15)20-19-16/h7-10,13,15-16,19H,2-6,11H2,1H3/t15-,16+/m1/s1. The molecule has 0 spiro atoms. The first-order valence-electron chi connectivity index (χ1n) is 8.56. The van der Waals surface area contributed by atoms with E-state index in [-0.39, 0.29) is 17.9 Å². The monoisotopic (exact) mass is 313 g/mol. The van der Waals surface area contributed by atoms with Gasteiger partial charge in [0.25, 0.3) is 5.91 Å². The zero-order valence-corrected chi connectivity index (χ0v) is 13.5. The van der Waals surface area contributed by atoms with Crippen LogP contribution in [0.3, 0.4) is 0 Å². The molecule has 0 bridgehead atoms. The van der Waals surface area contributed by atoms with Gasteiger partial charge in [0.15, 0.2) is 0 Å². The molecule has 2 heterocycles. The van der Waals surface area contributed by atoms with E-state index in [4.69, 9.17) is 4.74 Å². The van der Waals surface area contributed by atoms with Gasteiger partial charge in [0.1, 0.15) is 11.5 Å². The maximum Gasteiger partial charge on any atom is 0.270 e. The van der Waals surface area contributed by atoms with Crippen molar-refractivity contribution in [3.8, 4) is 5.75 Å². The molecule has 3 aliphatic rings. The van der Waals surface area contributed by atoms with Gasteiger partial charge in [-0.15, -0.1) is 0 Å². The molecule has 4 rings (SSSR count). The third-order valence-corrected chi connectivity index (χ3v) is 5.44. The van der Waals surface area contributed by atoms with Crippen molar-refractivity contribution >= 4 is 11.6 Å². The Morgan fingerprint density at radius 2 is 1.91 bits per heavy atom. The Kier molecular flexibility index (Phi) is 3.71. The summed E-state index contributed by atoms with van der Waals surface area (Å²) < 4.78 is 5.22. The average Bonchev–Trinajstić information content (AvgIpc) is 3.16. The van der Waals surface area contributed by atoms with Crippen LogP contribution in [0.2, 0.25) is 0 Å².